The SMILES string of the molecule is CCC1OC1C(C)Cc1ccc(OCc2ccccc2)cc1. The van der Waals surface area contributed by atoms with E-state index in [4.69, 9.17) is 9.47 Å². The molecule has 0 amide bonds. The minimum atomic E-state index is 0.457. The number of benzene rings is 2. The van der Waals surface area contributed by atoms with E-state index < -0.39 is 0 Å². The molecule has 1 aliphatic heterocycles. The van der Waals surface area contributed by atoms with Crippen LogP contribution in [0.1, 0.15) is 31.4 Å². The van der Waals surface area contributed by atoms with Gasteiger partial charge in [0, 0.05) is 0 Å². The van der Waals surface area contributed by atoms with Crippen molar-refractivity contribution in [1.82, 2.24) is 0 Å². The van der Waals surface area contributed by atoms with Crippen LogP contribution in [0.2, 0.25) is 0 Å². The molecule has 0 aromatic heterocycles. The molecule has 0 aliphatic carbocycles. The minimum Gasteiger partial charge on any atom is -0.489 e. The first-order valence-corrected chi connectivity index (χ1v) is 8.17. The van der Waals surface area contributed by atoms with Gasteiger partial charge >= 0.3 is 0 Å². The summed E-state index contributed by atoms with van der Waals surface area (Å²) < 4.78 is 11.5. The van der Waals surface area contributed by atoms with Gasteiger partial charge in [-0.3, -0.25) is 0 Å². The molecule has 2 nitrogen and oxygen atoms in total. The summed E-state index contributed by atoms with van der Waals surface area (Å²) >= 11 is 0. The minimum absolute atomic E-state index is 0.457. The summed E-state index contributed by atoms with van der Waals surface area (Å²) in [6, 6.07) is 18.7. The molecule has 1 heterocycles. The molecule has 3 atom stereocenters. The molecule has 2 aromatic carbocycles. The fourth-order valence-corrected chi connectivity index (χ4v) is 2.94. The number of hydrogen-bond acceptors (Lipinski definition) is 2. The Balaban J connectivity index is 1.50. The predicted octanol–water partition coefficient (Wildman–Crippen LogP) is 4.62. The third-order valence-electron chi connectivity index (χ3n) is 4.31. The van der Waals surface area contributed by atoms with Gasteiger partial charge in [-0.15, -0.1) is 0 Å². The van der Waals surface area contributed by atoms with Crippen molar-refractivity contribution in [2.45, 2.75) is 45.5 Å². The van der Waals surface area contributed by atoms with Crippen LogP contribution in [0.3, 0.4) is 0 Å². The number of hydrogen-bond donors (Lipinski definition) is 0. The lowest BCUT2D eigenvalue weighted by Gasteiger charge is -2.10. The lowest BCUT2D eigenvalue weighted by Crippen LogP contribution is -2.09. The van der Waals surface area contributed by atoms with Crippen molar-refractivity contribution in [1.29, 1.82) is 0 Å². The first kappa shape index (κ1) is 15.1. The Morgan fingerprint density at radius 1 is 1.00 bits per heavy atom. The van der Waals surface area contributed by atoms with E-state index in [2.05, 4.69) is 50.2 Å². The highest BCUT2D eigenvalue weighted by Crippen LogP contribution is 2.33. The summed E-state index contributed by atoms with van der Waals surface area (Å²) in [4.78, 5) is 0. The molecule has 0 radical (unpaired) electrons. The van der Waals surface area contributed by atoms with E-state index in [1.54, 1.807) is 0 Å². The second kappa shape index (κ2) is 6.97. The van der Waals surface area contributed by atoms with Crippen LogP contribution in [0.5, 0.6) is 5.75 Å². The van der Waals surface area contributed by atoms with Crippen molar-refractivity contribution in [3.8, 4) is 5.75 Å². The molecular weight excluding hydrogens is 272 g/mol. The van der Waals surface area contributed by atoms with Gasteiger partial charge < -0.3 is 9.47 Å². The Kier molecular flexibility index (Phi) is 4.79. The first-order valence-electron chi connectivity index (χ1n) is 8.17. The molecule has 1 fully saturated rings. The Bertz CT molecular complexity index is 576. The maximum absolute atomic E-state index is 5.82. The van der Waals surface area contributed by atoms with Gasteiger partial charge in [0.2, 0.25) is 0 Å². The molecular formula is C20H24O2. The van der Waals surface area contributed by atoms with Crippen LogP contribution in [0, 0.1) is 5.92 Å². The van der Waals surface area contributed by atoms with Crippen LogP contribution in [-0.2, 0) is 17.8 Å². The van der Waals surface area contributed by atoms with Crippen LogP contribution in [0.4, 0.5) is 0 Å². The highest BCUT2D eigenvalue weighted by atomic mass is 16.6. The van der Waals surface area contributed by atoms with Gasteiger partial charge in [0.15, 0.2) is 0 Å². The molecule has 3 unspecified atom stereocenters. The Hall–Kier alpha value is -1.80. The van der Waals surface area contributed by atoms with E-state index in [0.717, 1.165) is 18.6 Å². The van der Waals surface area contributed by atoms with Gasteiger partial charge in [0.1, 0.15) is 12.4 Å². The van der Waals surface area contributed by atoms with Crippen LogP contribution in [0.25, 0.3) is 0 Å². The number of epoxide rings is 1. The summed E-state index contributed by atoms with van der Waals surface area (Å²) in [5.74, 6) is 1.51. The number of rotatable bonds is 7. The molecule has 22 heavy (non-hydrogen) atoms. The molecule has 0 saturated carbocycles. The van der Waals surface area contributed by atoms with Crippen LogP contribution in [-0.4, -0.2) is 12.2 Å². The molecule has 2 aromatic rings. The highest BCUT2D eigenvalue weighted by molar-refractivity contribution is 5.28. The topological polar surface area (TPSA) is 21.8 Å². The van der Waals surface area contributed by atoms with E-state index >= 15 is 0 Å². The van der Waals surface area contributed by atoms with E-state index in [-0.39, 0.29) is 0 Å². The maximum atomic E-state index is 5.82. The lowest BCUT2D eigenvalue weighted by molar-refractivity contribution is 0.306. The Labute approximate surface area is 133 Å². The fourth-order valence-electron chi connectivity index (χ4n) is 2.94. The molecule has 3 rings (SSSR count). The molecule has 0 N–H and O–H groups in total. The zero-order valence-corrected chi connectivity index (χ0v) is 13.4. The van der Waals surface area contributed by atoms with Gasteiger partial charge in [-0.25, -0.2) is 0 Å². The van der Waals surface area contributed by atoms with Crippen molar-refractivity contribution in [3.05, 3.63) is 65.7 Å². The third-order valence-corrected chi connectivity index (χ3v) is 4.31. The van der Waals surface area contributed by atoms with Gasteiger partial charge in [0.05, 0.1) is 12.2 Å². The quantitative estimate of drug-likeness (QED) is 0.695. The van der Waals surface area contributed by atoms with E-state index in [1.807, 2.05) is 18.2 Å². The Morgan fingerprint density at radius 3 is 2.36 bits per heavy atom. The summed E-state index contributed by atoms with van der Waals surface area (Å²) in [5.41, 5.74) is 2.54. The molecule has 1 aliphatic rings. The van der Waals surface area contributed by atoms with Gasteiger partial charge in [-0.1, -0.05) is 56.3 Å². The largest absolute Gasteiger partial charge is 0.489 e. The van der Waals surface area contributed by atoms with Crippen molar-refractivity contribution >= 4 is 0 Å². The summed E-state index contributed by atoms with van der Waals surface area (Å²) in [7, 11) is 0. The zero-order chi connectivity index (χ0) is 15.4. The van der Waals surface area contributed by atoms with Gasteiger partial charge in [-0.05, 0) is 42.0 Å². The van der Waals surface area contributed by atoms with Crippen molar-refractivity contribution in [2.75, 3.05) is 0 Å². The second-order valence-corrected chi connectivity index (χ2v) is 6.15. The summed E-state index contributed by atoms with van der Waals surface area (Å²) in [6.07, 6.45) is 3.14. The zero-order valence-electron chi connectivity index (χ0n) is 13.4. The molecule has 1 saturated heterocycles. The fraction of sp³-hybridized carbons (Fsp3) is 0.400. The lowest BCUT2D eigenvalue weighted by atomic mass is 9.96. The molecule has 0 spiro atoms. The normalized spacial score (nSPS) is 21.4. The van der Waals surface area contributed by atoms with Crippen molar-refractivity contribution in [2.24, 2.45) is 5.92 Å². The average molecular weight is 296 g/mol. The number of ether oxygens (including phenoxy) is 2. The standard InChI is InChI=1S/C20H24O2/c1-3-19-20(22-19)15(2)13-16-9-11-18(12-10-16)21-14-17-7-5-4-6-8-17/h4-12,15,19-20H,3,13-14H2,1-2H3. The summed E-state index contributed by atoms with van der Waals surface area (Å²) in [5, 5.41) is 0. The Morgan fingerprint density at radius 2 is 1.73 bits per heavy atom. The van der Waals surface area contributed by atoms with Crippen LogP contribution < -0.4 is 4.74 Å². The first-order chi connectivity index (χ1) is 10.8. The maximum Gasteiger partial charge on any atom is 0.119 e. The highest BCUT2D eigenvalue weighted by Gasteiger charge is 2.40. The predicted molar refractivity (Wildman–Crippen MR) is 89.0 cm³/mol. The van der Waals surface area contributed by atoms with E-state index in [9.17, 15) is 0 Å². The summed E-state index contributed by atoms with van der Waals surface area (Å²) in [6.45, 7) is 5.08. The molecule has 2 heteroatoms. The van der Waals surface area contributed by atoms with Crippen molar-refractivity contribution in [3.63, 3.8) is 0 Å². The monoisotopic (exact) mass is 296 g/mol. The molecule has 0 bridgehead atoms. The van der Waals surface area contributed by atoms with E-state index in [0.29, 0.717) is 24.7 Å². The van der Waals surface area contributed by atoms with Gasteiger partial charge in [0.25, 0.3) is 0 Å². The van der Waals surface area contributed by atoms with Crippen molar-refractivity contribution < 1.29 is 9.47 Å². The molecule has 116 valence electrons. The van der Waals surface area contributed by atoms with Crippen LogP contribution in [0.15, 0.2) is 54.6 Å². The van der Waals surface area contributed by atoms with E-state index in [1.165, 1.54) is 11.1 Å². The third kappa shape index (κ3) is 3.89. The second-order valence-electron chi connectivity index (χ2n) is 6.15. The average Bonchev–Trinajstić information content (AvgIpc) is 3.35. The smallest absolute Gasteiger partial charge is 0.119 e. The van der Waals surface area contributed by atoms with Crippen LogP contribution >= 0.6 is 0 Å². The van der Waals surface area contributed by atoms with Gasteiger partial charge in [-0.2, -0.15) is 0 Å².